The van der Waals surface area contributed by atoms with Crippen LogP contribution in [-0.2, 0) is 14.3 Å². The second-order valence-corrected chi connectivity index (χ2v) is 6.57. The van der Waals surface area contributed by atoms with Gasteiger partial charge < -0.3 is 9.64 Å². The average Bonchev–Trinajstić information content (AvgIpc) is 2.97. The SMILES string of the molecule is CCCOC(=O)C1CSC(c2ccccc2Cl)N1C(=O)CC. The van der Waals surface area contributed by atoms with Gasteiger partial charge in [0.25, 0.3) is 0 Å². The first kappa shape index (κ1) is 17.2. The van der Waals surface area contributed by atoms with E-state index in [0.717, 1.165) is 12.0 Å². The lowest BCUT2D eigenvalue weighted by molar-refractivity contribution is -0.154. The fraction of sp³-hybridized carbons (Fsp3) is 0.500. The van der Waals surface area contributed by atoms with Gasteiger partial charge in [0.05, 0.1) is 6.61 Å². The third-order valence-corrected chi connectivity index (χ3v) is 5.13. The Hall–Kier alpha value is -1.20. The van der Waals surface area contributed by atoms with Crippen molar-refractivity contribution in [3.63, 3.8) is 0 Å². The van der Waals surface area contributed by atoms with Gasteiger partial charge in [-0.3, -0.25) is 4.79 Å². The third-order valence-electron chi connectivity index (χ3n) is 3.48. The van der Waals surface area contributed by atoms with Crippen LogP contribution in [0.2, 0.25) is 5.02 Å². The molecule has 1 heterocycles. The number of benzene rings is 1. The topological polar surface area (TPSA) is 46.6 Å². The molecule has 0 saturated carbocycles. The maximum absolute atomic E-state index is 12.4. The van der Waals surface area contributed by atoms with Crippen molar-refractivity contribution >= 4 is 35.2 Å². The molecule has 22 heavy (non-hydrogen) atoms. The standard InChI is InChI=1S/C16H20ClNO3S/c1-3-9-21-16(20)13-10-22-15(18(13)14(19)4-2)11-7-5-6-8-12(11)17/h5-8,13,15H,3-4,9-10H2,1-2H3. The number of halogens is 1. The van der Waals surface area contributed by atoms with E-state index in [1.54, 1.807) is 29.7 Å². The number of thioether (sulfide) groups is 1. The summed E-state index contributed by atoms with van der Waals surface area (Å²) in [6.07, 6.45) is 1.11. The Kier molecular flexibility index (Phi) is 6.15. The summed E-state index contributed by atoms with van der Waals surface area (Å²) < 4.78 is 5.24. The molecule has 1 aliphatic heterocycles. The molecular weight excluding hydrogens is 322 g/mol. The van der Waals surface area contributed by atoms with Gasteiger partial charge in [0, 0.05) is 22.8 Å². The van der Waals surface area contributed by atoms with Crippen molar-refractivity contribution in [3.8, 4) is 0 Å². The maximum atomic E-state index is 12.4. The second-order valence-electron chi connectivity index (χ2n) is 5.05. The van der Waals surface area contributed by atoms with E-state index in [9.17, 15) is 9.59 Å². The van der Waals surface area contributed by atoms with Crippen molar-refractivity contribution in [3.05, 3.63) is 34.9 Å². The zero-order chi connectivity index (χ0) is 16.1. The van der Waals surface area contributed by atoms with Crippen LogP contribution in [0.3, 0.4) is 0 Å². The molecule has 0 aromatic heterocycles. The van der Waals surface area contributed by atoms with Gasteiger partial charge in [0.2, 0.25) is 5.91 Å². The number of hydrogen-bond acceptors (Lipinski definition) is 4. The highest BCUT2D eigenvalue weighted by atomic mass is 35.5. The first-order valence-electron chi connectivity index (χ1n) is 7.44. The number of rotatable bonds is 5. The van der Waals surface area contributed by atoms with Crippen LogP contribution in [0.5, 0.6) is 0 Å². The molecule has 4 nitrogen and oxygen atoms in total. The van der Waals surface area contributed by atoms with E-state index in [0.29, 0.717) is 23.8 Å². The monoisotopic (exact) mass is 341 g/mol. The summed E-state index contributed by atoms with van der Waals surface area (Å²) in [7, 11) is 0. The van der Waals surface area contributed by atoms with Gasteiger partial charge >= 0.3 is 5.97 Å². The van der Waals surface area contributed by atoms with Crippen LogP contribution in [0.15, 0.2) is 24.3 Å². The Balaban J connectivity index is 2.26. The lowest BCUT2D eigenvalue weighted by atomic mass is 10.1. The molecule has 1 aromatic rings. The molecule has 6 heteroatoms. The molecule has 1 amide bonds. The molecule has 2 unspecified atom stereocenters. The molecule has 0 aliphatic carbocycles. The van der Waals surface area contributed by atoms with Crippen molar-refractivity contribution in [1.29, 1.82) is 0 Å². The van der Waals surface area contributed by atoms with Crippen molar-refractivity contribution < 1.29 is 14.3 Å². The first-order valence-corrected chi connectivity index (χ1v) is 8.86. The van der Waals surface area contributed by atoms with Crippen LogP contribution >= 0.6 is 23.4 Å². The Morgan fingerprint density at radius 3 is 2.73 bits per heavy atom. The highest BCUT2D eigenvalue weighted by Crippen LogP contribution is 2.44. The molecule has 0 N–H and O–H groups in total. The van der Waals surface area contributed by atoms with E-state index < -0.39 is 6.04 Å². The van der Waals surface area contributed by atoms with Crippen molar-refractivity contribution in [2.24, 2.45) is 0 Å². The predicted octanol–water partition coefficient (Wildman–Crippen LogP) is 3.65. The van der Waals surface area contributed by atoms with Crippen LogP contribution in [0.1, 0.15) is 37.6 Å². The van der Waals surface area contributed by atoms with E-state index in [4.69, 9.17) is 16.3 Å². The summed E-state index contributed by atoms with van der Waals surface area (Å²) in [4.78, 5) is 26.2. The molecule has 1 fully saturated rings. The lowest BCUT2D eigenvalue weighted by Crippen LogP contribution is -2.43. The van der Waals surface area contributed by atoms with Gasteiger partial charge in [-0.05, 0) is 12.5 Å². The van der Waals surface area contributed by atoms with Gasteiger partial charge in [-0.25, -0.2) is 4.79 Å². The largest absolute Gasteiger partial charge is 0.464 e. The molecular formula is C16H20ClNO3S. The second kappa shape index (κ2) is 7.88. The third kappa shape index (κ3) is 3.58. The Bertz CT molecular complexity index is 552. The van der Waals surface area contributed by atoms with Crippen LogP contribution in [0.25, 0.3) is 0 Å². The van der Waals surface area contributed by atoms with Crippen LogP contribution in [0.4, 0.5) is 0 Å². The molecule has 120 valence electrons. The maximum Gasteiger partial charge on any atom is 0.329 e. The summed E-state index contributed by atoms with van der Waals surface area (Å²) in [6.45, 7) is 4.12. The van der Waals surface area contributed by atoms with Crippen molar-refractivity contribution in [2.75, 3.05) is 12.4 Å². The van der Waals surface area contributed by atoms with Crippen LogP contribution in [-0.4, -0.2) is 35.2 Å². The Morgan fingerprint density at radius 2 is 2.09 bits per heavy atom. The number of hydrogen-bond donors (Lipinski definition) is 0. The van der Waals surface area contributed by atoms with E-state index in [2.05, 4.69) is 0 Å². The minimum atomic E-state index is -0.537. The van der Waals surface area contributed by atoms with Crippen molar-refractivity contribution in [1.82, 2.24) is 4.90 Å². The number of ether oxygens (including phenoxy) is 1. The number of nitrogens with zero attached hydrogens (tertiary/aromatic N) is 1. The zero-order valence-corrected chi connectivity index (χ0v) is 14.3. The van der Waals surface area contributed by atoms with Gasteiger partial charge in [-0.1, -0.05) is 43.6 Å². The molecule has 1 saturated heterocycles. The normalized spacial score (nSPS) is 21.0. The molecule has 0 radical (unpaired) electrons. The first-order chi connectivity index (χ1) is 10.6. The molecule has 0 bridgehead atoms. The molecule has 2 atom stereocenters. The number of carbonyl (C=O) groups is 2. The molecule has 2 rings (SSSR count). The molecule has 0 spiro atoms. The summed E-state index contributed by atoms with van der Waals surface area (Å²) >= 11 is 7.81. The molecule has 1 aromatic carbocycles. The summed E-state index contributed by atoms with van der Waals surface area (Å²) in [5.74, 6) is 0.142. The Labute approximate surface area is 140 Å². The molecule has 1 aliphatic rings. The lowest BCUT2D eigenvalue weighted by Gasteiger charge is -2.28. The number of esters is 1. The van der Waals surface area contributed by atoms with Crippen LogP contribution < -0.4 is 0 Å². The van der Waals surface area contributed by atoms with E-state index in [-0.39, 0.29) is 17.3 Å². The minimum Gasteiger partial charge on any atom is -0.464 e. The fourth-order valence-electron chi connectivity index (χ4n) is 2.39. The Morgan fingerprint density at radius 1 is 1.36 bits per heavy atom. The highest BCUT2D eigenvalue weighted by molar-refractivity contribution is 7.99. The van der Waals surface area contributed by atoms with E-state index in [1.807, 2.05) is 25.1 Å². The summed E-state index contributed by atoms with van der Waals surface area (Å²) in [5.41, 5.74) is 0.863. The zero-order valence-electron chi connectivity index (χ0n) is 12.8. The smallest absolute Gasteiger partial charge is 0.329 e. The quantitative estimate of drug-likeness (QED) is 0.767. The fourth-order valence-corrected chi connectivity index (χ4v) is 4.16. The average molecular weight is 342 g/mol. The van der Waals surface area contributed by atoms with Crippen molar-refractivity contribution in [2.45, 2.75) is 38.1 Å². The highest BCUT2D eigenvalue weighted by Gasteiger charge is 2.43. The number of carbonyl (C=O) groups excluding carboxylic acids is 2. The van der Waals surface area contributed by atoms with Gasteiger partial charge in [-0.15, -0.1) is 11.8 Å². The van der Waals surface area contributed by atoms with Crippen LogP contribution in [0, 0.1) is 0 Å². The van der Waals surface area contributed by atoms with E-state index >= 15 is 0 Å². The van der Waals surface area contributed by atoms with Gasteiger partial charge in [0.1, 0.15) is 11.4 Å². The minimum absolute atomic E-state index is 0.0617. The van der Waals surface area contributed by atoms with Gasteiger partial charge in [0.15, 0.2) is 0 Å². The summed E-state index contributed by atoms with van der Waals surface area (Å²) in [6, 6.07) is 6.90. The van der Waals surface area contributed by atoms with E-state index in [1.165, 1.54) is 0 Å². The van der Waals surface area contributed by atoms with Gasteiger partial charge in [-0.2, -0.15) is 0 Å². The predicted molar refractivity (Wildman–Crippen MR) is 88.8 cm³/mol. The number of amides is 1. The summed E-state index contributed by atoms with van der Waals surface area (Å²) in [5, 5.41) is 0.372.